The van der Waals surface area contributed by atoms with Gasteiger partial charge in [0.2, 0.25) is 0 Å². The van der Waals surface area contributed by atoms with E-state index in [-0.39, 0.29) is 17.8 Å². The molecule has 0 bridgehead atoms. The lowest BCUT2D eigenvalue weighted by Crippen LogP contribution is -2.51. The summed E-state index contributed by atoms with van der Waals surface area (Å²) in [5.41, 5.74) is 5.26. The van der Waals surface area contributed by atoms with Crippen LogP contribution in [0.4, 0.5) is 20.6 Å². The number of urea groups is 1. The zero-order valence-corrected chi connectivity index (χ0v) is 19.3. The van der Waals surface area contributed by atoms with Crippen molar-refractivity contribution in [1.29, 1.82) is 0 Å². The fourth-order valence-electron chi connectivity index (χ4n) is 4.49. The zero-order chi connectivity index (χ0) is 23.2. The van der Waals surface area contributed by atoms with Gasteiger partial charge in [-0.1, -0.05) is 47.5 Å². The van der Waals surface area contributed by atoms with E-state index in [2.05, 4.69) is 5.32 Å². The van der Waals surface area contributed by atoms with Crippen molar-refractivity contribution in [1.82, 2.24) is 4.90 Å². The smallest absolute Gasteiger partial charge is 0.308 e. The summed E-state index contributed by atoms with van der Waals surface area (Å²) in [6, 6.07) is 19.4. The molecular weight excluding hydrogens is 437 g/mol. The molecule has 5 nitrogen and oxygen atoms in total. The van der Waals surface area contributed by atoms with Crippen molar-refractivity contribution in [3.63, 3.8) is 0 Å². The number of halogens is 1. The molecule has 2 aliphatic heterocycles. The van der Waals surface area contributed by atoms with Crippen molar-refractivity contribution < 1.29 is 14.0 Å². The van der Waals surface area contributed by atoms with Crippen molar-refractivity contribution in [3.8, 4) is 0 Å². The van der Waals surface area contributed by atoms with Crippen LogP contribution in [0, 0.1) is 19.7 Å². The average Bonchev–Trinajstić information content (AvgIpc) is 3.34. The van der Waals surface area contributed by atoms with E-state index in [0.29, 0.717) is 24.5 Å². The second-order valence-corrected chi connectivity index (χ2v) is 9.77. The van der Waals surface area contributed by atoms with Gasteiger partial charge < -0.3 is 10.2 Å². The maximum absolute atomic E-state index is 14.0. The molecule has 0 aromatic heterocycles. The Hall–Kier alpha value is -3.32. The van der Waals surface area contributed by atoms with E-state index < -0.39 is 4.87 Å². The molecule has 5 rings (SSSR count). The van der Waals surface area contributed by atoms with E-state index in [9.17, 15) is 14.0 Å². The minimum absolute atomic E-state index is 0.144. The maximum Gasteiger partial charge on any atom is 0.323 e. The molecule has 7 heteroatoms. The van der Waals surface area contributed by atoms with Gasteiger partial charge >= 0.3 is 6.03 Å². The number of anilines is 2. The van der Waals surface area contributed by atoms with Crippen molar-refractivity contribution >= 4 is 35.1 Å². The number of thioether (sulfide) groups is 1. The number of carbonyl (C=O) groups excluding carboxylic acids is 2. The molecule has 1 atom stereocenters. The van der Waals surface area contributed by atoms with E-state index in [4.69, 9.17) is 0 Å². The van der Waals surface area contributed by atoms with Crippen LogP contribution in [0.25, 0.3) is 0 Å². The van der Waals surface area contributed by atoms with E-state index in [0.717, 1.165) is 27.9 Å². The van der Waals surface area contributed by atoms with Crippen LogP contribution in [0.3, 0.4) is 0 Å². The topological polar surface area (TPSA) is 52.7 Å². The third kappa shape index (κ3) is 3.66. The Kier molecular flexibility index (Phi) is 5.37. The Bertz CT molecular complexity index is 1230. The molecule has 1 spiro atoms. The Morgan fingerprint density at radius 2 is 1.73 bits per heavy atom. The van der Waals surface area contributed by atoms with Gasteiger partial charge in [0.15, 0.2) is 4.87 Å². The minimum Gasteiger partial charge on any atom is -0.308 e. The van der Waals surface area contributed by atoms with E-state index >= 15 is 0 Å². The summed E-state index contributed by atoms with van der Waals surface area (Å²) in [6.07, 6.45) is 0. The van der Waals surface area contributed by atoms with Crippen LogP contribution < -0.4 is 10.2 Å². The lowest BCUT2D eigenvalue weighted by Gasteiger charge is -2.33. The van der Waals surface area contributed by atoms with Crippen molar-refractivity contribution in [2.75, 3.05) is 22.5 Å². The maximum atomic E-state index is 14.0. The Morgan fingerprint density at radius 1 is 1.03 bits per heavy atom. The molecule has 168 valence electrons. The summed E-state index contributed by atoms with van der Waals surface area (Å²) in [4.78, 5) is 29.6. The summed E-state index contributed by atoms with van der Waals surface area (Å²) < 4.78 is 13.4. The van der Waals surface area contributed by atoms with Gasteiger partial charge in [-0.05, 0) is 49.7 Å². The van der Waals surface area contributed by atoms with Crippen molar-refractivity contribution in [2.45, 2.75) is 25.3 Å². The predicted molar refractivity (Wildman–Crippen MR) is 130 cm³/mol. The molecule has 0 aliphatic carbocycles. The van der Waals surface area contributed by atoms with Gasteiger partial charge in [0.25, 0.3) is 5.91 Å². The molecule has 3 amide bonds. The van der Waals surface area contributed by atoms with Gasteiger partial charge in [0.1, 0.15) is 5.82 Å². The van der Waals surface area contributed by atoms with E-state index in [1.54, 1.807) is 21.9 Å². The fourth-order valence-corrected chi connectivity index (χ4v) is 5.94. The van der Waals surface area contributed by atoms with Gasteiger partial charge in [-0.25, -0.2) is 9.18 Å². The number of nitrogens with zero attached hydrogens (tertiary/aromatic N) is 2. The lowest BCUT2D eigenvalue weighted by molar-refractivity contribution is -0.123. The van der Waals surface area contributed by atoms with Crippen LogP contribution in [-0.2, 0) is 16.2 Å². The summed E-state index contributed by atoms with van der Waals surface area (Å²) in [7, 11) is 0. The molecule has 2 heterocycles. The molecular formula is C26H24FN3O2S. The first-order chi connectivity index (χ1) is 15.9. The lowest BCUT2D eigenvalue weighted by atomic mass is 10.0. The Balaban J connectivity index is 1.52. The highest BCUT2D eigenvalue weighted by Crippen LogP contribution is 2.54. The second-order valence-electron chi connectivity index (χ2n) is 8.48. The number of amides is 3. The molecule has 0 radical (unpaired) electrons. The summed E-state index contributed by atoms with van der Waals surface area (Å²) in [6.45, 7) is 4.75. The number of hydrogen-bond acceptors (Lipinski definition) is 3. The first-order valence-electron chi connectivity index (χ1n) is 10.9. The van der Waals surface area contributed by atoms with Gasteiger partial charge in [-0.2, -0.15) is 0 Å². The first-order valence-corrected chi connectivity index (χ1v) is 11.8. The van der Waals surface area contributed by atoms with Crippen LogP contribution >= 0.6 is 11.8 Å². The molecule has 1 saturated heterocycles. The quantitative estimate of drug-likeness (QED) is 0.566. The number of nitrogens with one attached hydrogen (secondary N) is 1. The van der Waals surface area contributed by atoms with E-state index in [1.165, 1.54) is 23.9 Å². The number of hydrogen-bond donors (Lipinski definition) is 1. The highest BCUT2D eigenvalue weighted by atomic mass is 32.2. The number of rotatable bonds is 3. The van der Waals surface area contributed by atoms with Crippen LogP contribution in [0.2, 0.25) is 0 Å². The van der Waals surface area contributed by atoms with Gasteiger partial charge in [-0.3, -0.25) is 9.69 Å². The highest BCUT2D eigenvalue weighted by molar-refractivity contribution is 8.01. The molecule has 0 saturated carbocycles. The minimum atomic E-state index is -1.11. The molecule has 3 aromatic rings. The van der Waals surface area contributed by atoms with Crippen LogP contribution in [0.1, 0.15) is 22.3 Å². The van der Waals surface area contributed by atoms with Gasteiger partial charge in [0, 0.05) is 23.5 Å². The first kappa shape index (κ1) is 21.5. The van der Waals surface area contributed by atoms with Crippen LogP contribution in [0.15, 0.2) is 66.7 Å². The number of aryl methyl sites for hydroxylation is 2. The largest absolute Gasteiger partial charge is 0.323 e. The predicted octanol–water partition coefficient (Wildman–Crippen LogP) is 5.42. The SMILES string of the molecule is Cc1ccc(NC(=O)N2CCS[C@@]23C(=O)N(Cc2ccc(F)cc2)c2ccc(C)cc23)cc1. The molecule has 1 fully saturated rings. The van der Waals surface area contributed by atoms with Crippen LogP contribution in [-0.4, -0.2) is 29.1 Å². The van der Waals surface area contributed by atoms with Crippen LogP contribution in [0.5, 0.6) is 0 Å². The highest BCUT2D eigenvalue weighted by Gasteiger charge is 2.59. The molecule has 33 heavy (non-hydrogen) atoms. The van der Waals surface area contributed by atoms with Gasteiger partial charge in [-0.15, -0.1) is 11.8 Å². The van der Waals surface area contributed by atoms with Gasteiger partial charge in [0.05, 0.1) is 12.2 Å². The normalized spacial score (nSPS) is 19.3. The number of carbonyl (C=O) groups is 2. The number of fused-ring (bicyclic) bond motifs is 2. The fraction of sp³-hybridized carbons (Fsp3) is 0.231. The summed E-state index contributed by atoms with van der Waals surface area (Å²) >= 11 is 1.49. The third-order valence-electron chi connectivity index (χ3n) is 6.15. The standard InChI is InChI=1S/C26H24FN3O2S/c1-17-3-10-21(11-4-17)28-25(32)30-13-14-33-26(30)22-15-18(2)5-12-23(22)29(24(26)31)16-19-6-8-20(27)9-7-19/h3-12,15H,13-14,16H2,1-2H3,(H,28,32)/t26-/m0/s1. The van der Waals surface area contributed by atoms with E-state index in [1.807, 2.05) is 56.3 Å². The monoisotopic (exact) mass is 461 g/mol. The Morgan fingerprint density at radius 3 is 2.45 bits per heavy atom. The average molecular weight is 462 g/mol. The zero-order valence-electron chi connectivity index (χ0n) is 18.5. The summed E-state index contributed by atoms with van der Waals surface area (Å²) in [5, 5.41) is 2.96. The van der Waals surface area contributed by atoms with Crippen molar-refractivity contribution in [2.24, 2.45) is 0 Å². The molecule has 1 N–H and O–H groups in total. The number of benzene rings is 3. The third-order valence-corrected chi connectivity index (χ3v) is 7.57. The second kappa shape index (κ2) is 8.23. The van der Waals surface area contributed by atoms with Crippen molar-refractivity contribution in [3.05, 3.63) is 94.8 Å². The Labute approximate surface area is 196 Å². The summed E-state index contributed by atoms with van der Waals surface area (Å²) in [5.74, 6) is 0.198. The molecule has 3 aromatic carbocycles. The molecule has 2 aliphatic rings. The molecule has 0 unspecified atom stereocenters.